The van der Waals surface area contributed by atoms with Crippen LogP contribution in [0.1, 0.15) is 24.0 Å². The zero-order valence-corrected chi connectivity index (χ0v) is 20.9. The number of pyridine rings is 1. The van der Waals surface area contributed by atoms with E-state index in [-0.39, 0.29) is 6.17 Å². The molecule has 0 bridgehead atoms. The van der Waals surface area contributed by atoms with Crippen LogP contribution in [0.5, 0.6) is 0 Å². The highest BCUT2D eigenvalue weighted by molar-refractivity contribution is 7.13. The molecule has 5 aromatic rings. The summed E-state index contributed by atoms with van der Waals surface area (Å²) in [7, 11) is 4.28. The molecule has 1 aliphatic heterocycles. The van der Waals surface area contributed by atoms with E-state index in [0.717, 1.165) is 63.6 Å². The number of hydrogen-bond donors (Lipinski definition) is 0. The van der Waals surface area contributed by atoms with Gasteiger partial charge in [-0.2, -0.15) is 5.26 Å². The lowest BCUT2D eigenvalue weighted by Crippen LogP contribution is -2.41. The van der Waals surface area contributed by atoms with E-state index in [9.17, 15) is 5.26 Å². The molecule has 174 valence electrons. The fourth-order valence-corrected chi connectivity index (χ4v) is 6.14. The van der Waals surface area contributed by atoms with Crippen molar-refractivity contribution in [1.82, 2.24) is 19.3 Å². The molecule has 0 amide bonds. The first-order valence-electron chi connectivity index (χ1n) is 11.9. The molecule has 0 radical (unpaired) electrons. The third-order valence-electron chi connectivity index (χ3n) is 6.95. The van der Waals surface area contributed by atoms with E-state index in [1.54, 1.807) is 11.3 Å². The summed E-state index contributed by atoms with van der Waals surface area (Å²) in [6.45, 7) is 2.98. The first-order valence-corrected chi connectivity index (χ1v) is 12.7. The standard InChI is InChI=1S/C28H26N6S/c1-18-20(16-29)26-30-21-12-7-8-13-23(21)34(26)28(33-15-9-14-24(33)32(2)3)25(18)22-17-35-27(31-22)19-10-5-4-6-11-19/h4-8,10-13,17,24H,9,14-15H2,1-3H3. The van der Waals surface area contributed by atoms with Crippen molar-refractivity contribution in [1.29, 1.82) is 5.26 Å². The predicted octanol–water partition coefficient (Wildman–Crippen LogP) is 5.95. The van der Waals surface area contributed by atoms with E-state index in [1.807, 2.05) is 43.3 Å². The molecular formula is C28H26N6S. The van der Waals surface area contributed by atoms with Crippen molar-refractivity contribution in [2.45, 2.75) is 25.9 Å². The maximum atomic E-state index is 10.2. The van der Waals surface area contributed by atoms with Crippen LogP contribution in [0, 0.1) is 18.3 Å². The largest absolute Gasteiger partial charge is 0.341 e. The number of aromatic nitrogens is 3. The Balaban J connectivity index is 1.71. The van der Waals surface area contributed by atoms with Gasteiger partial charge in [0.1, 0.15) is 16.9 Å². The lowest BCUT2D eigenvalue weighted by molar-refractivity contribution is 0.300. The molecule has 0 N–H and O–H groups in total. The molecule has 0 aliphatic carbocycles. The first-order chi connectivity index (χ1) is 17.1. The fourth-order valence-electron chi connectivity index (χ4n) is 5.33. The molecule has 3 aromatic heterocycles. The van der Waals surface area contributed by atoms with Crippen LogP contribution in [0.15, 0.2) is 60.0 Å². The van der Waals surface area contributed by atoms with Crippen LogP contribution >= 0.6 is 11.3 Å². The SMILES string of the molecule is Cc1c(-c2csc(-c3ccccc3)n2)c(N2CCCC2N(C)C)n2c(nc3ccccc32)c1C#N. The number of rotatable bonds is 4. The minimum atomic E-state index is 0.262. The lowest BCUT2D eigenvalue weighted by Gasteiger charge is -2.34. The molecular weight excluding hydrogens is 452 g/mol. The van der Waals surface area contributed by atoms with Gasteiger partial charge in [-0.05, 0) is 51.6 Å². The predicted molar refractivity (Wildman–Crippen MR) is 143 cm³/mol. The smallest absolute Gasteiger partial charge is 0.157 e. The first kappa shape index (κ1) is 21.8. The summed E-state index contributed by atoms with van der Waals surface area (Å²) in [5, 5.41) is 13.4. The van der Waals surface area contributed by atoms with Gasteiger partial charge in [-0.15, -0.1) is 11.3 Å². The Labute approximate surface area is 208 Å². The molecule has 1 atom stereocenters. The van der Waals surface area contributed by atoms with Gasteiger partial charge in [0.25, 0.3) is 0 Å². The molecule has 6 rings (SSSR count). The highest BCUT2D eigenvalue weighted by Gasteiger charge is 2.33. The van der Waals surface area contributed by atoms with Crippen molar-refractivity contribution in [3.8, 4) is 27.9 Å². The van der Waals surface area contributed by atoms with Gasteiger partial charge in [0.2, 0.25) is 0 Å². The maximum absolute atomic E-state index is 10.2. The van der Waals surface area contributed by atoms with Gasteiger partial charge < -0.3 is 4.90 Å². The minimum absolute atomic E-state index is 0.262. The highest BCUT2D eigenvalue weighted by Crippen LogP contribution is 2.43. The zero-order chi connectivity index (χ0) is 24.1. The fraction of sp³-hybridized carbons (Fsp3) is 0.250. The van der Waals surface area contributed by atoms with E-state index < -0.39 is 0 Å². The van der Waals surface area contributed by atoms with E-state index in [1.165, 1.54) is 0 Å². The monoisotopic (exact) mass is 478 g/mol. The molecule has 35 heavy (non-hydrogen) atoms. The average Bonchev–Trinajstić information content (AvgIpc) is 3.62. The molecule has 2 aromatic carbocycles. The number of nitriles is 1. The number of thiazole rings is 1. The zero-order valence-electron chi connectivity index (χ0n) is 20.1. The minimum Gasteiger partial charge on any atom is -0.341 e. The Morgan fingerprint density at radius 1 is 1.06 bits per heavy atom. The van der Waals surface area contributed by atoms with Crippen LogP contribution in [-0.4, -0.2) is 46.1 Å². The van der Waals surface area contributed by atoms with Gasteiger partial charge in [0, 0.05) is 23.1 Å². The number of nitrogens with zero attached hydrogens (tertiary/aromatic N) is 6. The summed E-state index contributed by atoms with van der Waals surface area (Å²) < 4.78 is 2.19. The number of hydrogen-bond acceptors (Lipinski definition) is 6. The summed E-state index contributed by atoms with van der Waals surface area (Å²) in [4.78, 5) is 14.8. The molecule has 7 heteroatoms. The van der Waals surface area contributed by atoms with Gasteiger partial charge >= 0.3 is 0 Å². The van der Waals surface area contributed by atoms with Crippen LogP contribution in [0.25, 0.3) is 38.5 Å². The van der Waals surface area contributed by atoms with E-state index >= 15 is 0 Å². The van der Waals surface area contributed by atoms with Gasteiger partial charge in [-0.1, -0.05) is 42.5 Å². The summed E-state index contributed by atoms with van der Waals surface area (Å²) >= 11 is 1.64. The Morgan fingerprint density at radius 3 is 2.60 bits per heavy atom. The van der Waals surface area contributed by atoms with Crippen LogP contribution < -0.4 is 4.90 Å². The second kappa shape index (κ2) is 8.49. The second-order valence-corrected chi connectivity index (χ2v) is 10.1. The van der Waals surface area contributed by atoms with Crippen molar-refractivity contribution in [3.63, 3.8) is 0 Å². The molecule has 0 spiro atoms. The average molecular weight is 479 g/mol. The van der Waals surface area contributed by atoms with Crippen molar-refractivity contribution >= 4 is 33.8 Å². The summed E-state index contributed by atoms with van der Waals surface area (Å²) in [5.41, 5.74) is 7.18. The van der Waals surface area contributed by atoms with Crippen LogP contribution in [0.3, 0.4) is 0 Å². The quantitative estimate of drug-likeness (QED) is 0.320. The van der Waals surface area contributed by atoms with Crippen molar-refractivity contribution in [3.05, 3.63) is 71.1 Å². The third kappa shape index (κ3) is 3.41. The van der Waals surface area contributed by atoms with Gasteiger partial charge in [-0.3, -0.25) is 9.30 Å². The van der Waals surface area contributed by atoms with Crippen LogP contribution in [0.2, 0.25) is 0 Å². The van der Waals surface area contributed by atoms with Gasteiger partial charge in [-0.25, -0.2) is 9.97 Å². The number of para-hydroxylation sites is 2. The molecule has 6 nitrogen and oxygen atoms in total. The number of fused-ring (bicyclic) bond motifs is 3. The van der Waals surface area contributed by atoms with Gasteiger partial charge in [0.15, 0.2) is 5.65 Å². The number of anilines is 1. The summed E-state index contributed by atoms with van der Waals surface area (Å²) in [6.07, 6.45) is 2.46. The highest BCUT2D eigenvalue weighted by atomic mass is 32.1. The van der Waals surface area contributed by atoms with Crippen LogP contribution in [0.4, 0.5) is 5.82 Å². The number of benzene rings is 2. The summed E-state index contributed by atoms with van der Waals surface area (Å²) in [6, 6.07) is 20.9. The Bertz CT molecular complexity index is 1590. The Kier molecular flexibility index (Phi) is 5.28. The maximum Gasteiger partial charge on any atom is 0.157 e. The van der Waals surface area contributed by atoms with Crippen molar-refractivity contribution < 1.29 is 0 Å². The number of imidazole rings is 1. The third-order valence-corrected chi connectivity index (χ3v) is 7.84. The molecule has 1 unspecified atom stereocenters. The topological polar surface area (TPSA) is 60.5 Å². The van der Waals surface area contributed by atoms with Gasteiger partial charge in [0.05, 0.1) is 28.5 Å². The lowest BCUT2D eigenvalue weighted by atomic mass is 10.0. The normalized spacial score (nSPS) is 16.0. The summed E-state index contributed by atoms with van der Waals surface area (Å²) in [5.74, 6) is 1.08. The van der Waals surface area contributed by atoms with Crippen molar-refractivity contribution in [2.75, 3.05) is 25.5 Å². The molecule has 4 heterocycles. The van der Waals surface area contributed by atoms with E-state index in [4.69, 9.17) is 9.97 Å². The molecule has 0 saturated carbocycles. The molecule has 1 aliphatic rings. The molecule has 1 fully saturated rings. The van der Waals surface area contributed by atoms with E-state index in [0.29, 0.717) is 11.2 Å². The van der Waals surface area contributed by atoms with E-state index in [2.05, 4.69) is 57.9 Å². The second-order valence-electron chi connectivity index (χ2n) is 9.25. The molecule has 1 saturated heterocycles. The van der Waals surface area contributed by atoms with Crippen LogP contribution in [-0.2, 0) is 0 Å². The Morgan fingerprint density at radius 2 is 1.83 bits per heavy atom. The van der Waals surface area contributed by atoms with Crippen molar-refractivity contribution in [2.24, 2.45) is 0 Å². The Hall–Kier alpha value is -3.73.